The zero-order valence-electron chi connectivity index (χ0n) is 12.6. The molecule has 3 heterocycles. The largest absolute Gasteiger partial charge is 0.447 e. The fourth-order valence-electron chi connectivity index (χ4n) is 2.00. The lowest BCUT2D eigenvalue weighted by molar-refractivity contribution is 0.377. The minimum Gasteiger partial charge on any atom is -0.447 e. The molecule has 0 aliphatic carbocycles. The maximum Gasteiger partial charge on any atom is 0.391 e. The summed E-state index contributed by atoms with van der Waals surface area (Å²) in [6.45, 7) is 0. The van der Waals surface area contributed by atoms with E-state index in [4.69, 9.17) is 21.8 Å². The zero-order valence-corrected chi connectivity index (χ0v) is 15.1. The van der Waals surface area contributed by atoms with Crippen LogP contribution in [0.15, 0.2) is 33.8 Å². The van der Waals surface area contributed by atoms with Crippen LogP contribution in [0.3, 0.4) is 0 Å². The molecule has 130 valence electrons. The molecular weight excluding hydrogens is 389 g/mol. The van der Waals surface area contributed by atoms with E-state index >= 15 is 0 Å². The summed E-state index contributed by atoms with van der Waals surface area (Å²) in [5, 5.41) is 0.582. The number of thioether (sulfide) groups is 1. The highest BCUT2D eigenvalue weighted by Crippen LogP contribution is 2.37. The number of anilines is 1. The van der Waals surface area contributed by atoms with Crippen molar-refractivity contribution in [2.24, 2.45) is 0 Å². The molecule has 0 aliphatic heterocycles. The molecule has 0 saturated heterocycles. The molecule has 0 fully saturated rings. The van der Waals surface area contributed by atoms with E-state index in [1.807, 2.05) is 0 Å². The minimum absolute atomic E-state index is 0.0330. The first kappa shape index (κ1) is 17.8. The SMILES string of the molecule is CSc1nc(N)nc(-c2ccc(Cl)nc2-c2ccc(P(=O)(O)O)o2)n1. The summed E-state index contributed by atoms with van der Waals surface area (Å²) in [5.74, 6) is 0.385. The number of aromatic nitrogens is 4. The Labute approximate surface area is 150 Å². The van der Waals surface area contributed by atoms with Crippen LogP contribution < -0.4 is 11.2 Å². The standard InChI is InChI=1S/C13H11ClN5O4PS/c1-25-13-18-11(17-12(15)19-13)6-2-4-8(14)16-10(6)7-3-5-9(23-7)24(20,21)22/h2-5H,1H3,(H2,20,21,22)(H2,15,17,18,19). The van der Waals surface area contributed by atoms with E-state index in [2.05, 4.69) is 19.9 Å². The van der Waals surface area contributed by atoms with Gasteiger partial charge in [-0.15, -0.1) is 0 Å². The highest BCUT2D eigenvalue weighted by Gasteiger charge is 2.24. The van der Waals surface area contributed by atoms with Crippen LogP contribution in [0.4, 0.5) is 5.95 Å². The van der Waals surface area contributed by atoms with Gasteiger partial charge in [0.15, 0.2) is 16.7 Å². The number of halogens is 1. The summed E-state index contributed by atoms with van der Waals surface area (Å²) in [7, 11) is -4.53. The first-order chi connectivity index (χ1) is 11.8. The van der Waals surface area contributed by atoms with Gasteiger partial charge < -0.3 is 19.9 Å². The second-order valence-electron chi connectivity index (χ2n) is 4.72. The lowest BCUT2D eigenvalue weighted by atomic mass is 10.1. The third-order valence-electron chi connectivity index (χ3n) is 3.03. The number of nitrogens with zero attached hydrogens (tertiary/aromatic N) is 4. The Morgan fingerprint density at radius 3 is 2.56 bits per heavy atom. The molecule has 3 rings (SSSR count). The van der Waals surface area contributed by atoms with Gasteiger partial charge in [0.05, 0.1) is 0 Å². The van der Waals surface area contributed by atoms with Crippen molar-refractivity contribution in [1.29, 1.82) is 0 Å². The molecular formula is C13H11ClN5O4PS. The maximum atomic E-state index is 11.3. The van der Waals surface area contributed by atoms with Gasteiger partial charge in [-0.3, -0.25) is 4.57 Å². The summed E-state index contributed by atoms with van der Waals surface area (Å²) in [6, 6.07) is 5.71. The quantitative estimate of drug-likeness (QED) is 0.337. The maximum absolute atomic E-state index is 11.3. The highest BCUT2D eigenvalue weighted by atomic mass is 35.5. The number of hydrogen-bond acceptors (Lipinski definition) is 8. The number of nitrogens with two attached hydrogens (primary N) is 1. The van der Waals surface area contributed by atoms with E-state index in [1.54, 1.807) is 12.3 Å². The van der Waals surface area contributed by atoms with Crippen molar-refractivity contribution in [3.63, 3.8) is 0 Å². The molecule has 3 aromatic rings. The van der Waals surface area contributed by atoms with Gasteiger partial charge in [-0.1, -0.05) is 23.4 Å². The van der Waals surface area contributed by atoms with Gasteiger partial charge >= 0.3 is 7.60 Å². The van der Waals surface area contributed by atoms with Crippen molar-refractivity contribution in [1.82, 2.24) is 19.9 Å². The fourth-order valence-corrected chi connectivity index (χ4v) is 3.00. The Balaban J connectivity index is 2.19. The van der Waals surface area contributed by atoms with Crippen LogP contribution in [-0.2, 0) is 4.57 Å². The Bertz CT molecular complexity index is 992. The predicted octanol–water partition coefficient (Wildman–Crippen LogP) is 1.95. The van der Waals surface area contributed by atoms with Gasteiger partial charge in [0.2, 0.25) is 11.4 Å². The average molecular weight is 400 g/mol. The lowest BCUT2D eigenvalue weighted by Crippen LogP contribution is -2.03. The van der Waals surface area contributed by atoms with Crippen LogP contribution in [0.25, 0.3) is 22.8 Å². The normalized spacial score (nSPS) is 11.7. The Kier molecular flexibility index (Phi) is 4.81. The topological polar surface area (TPSA) is 148 Å². The van der Waals surface area contributed by atoms with Crippen LogP contribution in [0, 0.1) is 0 Å². The Morgan fingerprint density at radius 1 is 1.16 bits per heavy atom. The fraction of sp³-hybridized carbons (Fsp3) is 0.0769. The summed E-state index contributed by atoms with van der Waals surface area (Å²) >= 11 is 7.24. The van der Waals surface area contributed by atoms with Gasteiger partial charge in [0.1, 0.15) is 10.8 Å². The highest BCUT2D eigenvalue weighted by molar-refractivity contribution is 7.98. The van der Waals surface area contributed by atoms with Crippen molar-refractivity contribution in [3.05, 3.63) is 29.4 Å². The van der Waals surface area contributed by atoms with E-state index in [-0.39, 0.29) is 28.4 Å². The van der Waals surface area contributed by atoms with Crippen LogP contribution in [-0.4, -0.2) is 36.0 Å². The Hall–Kier alpha value is -1.97. The Morgan fingerprint density at radius 2 is 1.92 bits per heavy atom. The lowest BCUT2D eigenvalue weighted by Gasteiger charge is -2.08. The molecule has 0 aromatic carbocycles. The number of rotatable bonds is 4. The first-order valence-corrected chi connectivity index (χ1v) is 9.88. The smallest absolute Gasteiger partial charge is 0.391 e. The molecule has 0 spiro atoms. The van der Waals surface area contributed by atoms with E-state index in [0.717, 1.165) is 0 Å². The van der Waals surface area contributed by atoms with Gasteiger partial charge in [-0.05, 0) is 30.5 Å². The van der Waals surface area contributed by atoms with Gasteiger partial charge in [0, 0.05) is 5.56 Å². The molecule has 12 heteroatoms. The van der Waals surface area contributed by atoms with Gasteiger partial charge in [-0.2, -0.15) is 9.97 Å². The molecule has 0 saturated carbocycles. The number of nitrogen functional groups attached to an aromatic ring is 1. The summed E-state index contributed by atoms with van der Waals surface area (Å²) in [6.07, 6.45) is 1.79. The molecule has 25 heavy (non-hydrogen) atoms. The number of pyridine rings is 1. The number of hydrogen-bond donors (Lipinski definition) is 3. The second kappa shape index (κ2) is 6.74. The number of furan rings is 1. The average Bonchev–Trinajstić information content (AvgIpc) is 3.04. The monoisotopic (exact) mass is 399 g/mol. The third kappa shape index (κ3) is 3.83. The molecule has 0 radical (unpaired) electrons. The van der Waals surface area contributed by atoms with Crippen LogP contribution in [0.2, 0.25) is 5.15 Å². The van der Waals surface area contributed by atoms with Gasteiger partial charge in [-0.25, -0.2) is 9.97 Å². The van der Waals surface area contributed by atoms with Crippen molar-refractivity contribution in [2.45, 2.75) is 5.16 Å². The second-order valence-corrected chi connectivity index (χ2v) is 7.41. The van der Waals surface area contributed by atoms with Crippen LogP contribution in [0.1, 0.15) is 0 Å². The third-order valence-corrected chi connectivity index (χ3v) is 4.60. The zero-order chi connectivity index (χ0) is 18.2. The van der Waals surface area contributed by atoms with E-state index in [0.29, 0.717) is 10.7 Å². The minimum atomic E-state index is -4.53. The van der Waals surface area contributed by atoms with Crippen LogP contribution in [0.5, 0.6) is 0 Å². The summed E-state index contributed by atoms with van der Waals surface area (Å²) < 4.78 is 16.6. The van der Waals surface area contributed by atoms with E-state index in [1.165, 1.54) is 30.0 Å². The van der Waals surface area contributed by atoms with Crippen molar-refractivity contribution in [3.8, 4) is 22.8 Å². The molecule has 0 amide bonds. The van der Waals surface area contributed by atoms with Crippen molar-refractivity contribution >= 4 is 42.4 Å². The first-order valence-electron chi connectivity index (χ1n) is 6.66. The predicted molar refractivity (Wildman–Crippen MR) is 93.6 cm³/mol. The van der Waals surface area contributed by atoms with Crippen LogP contribution >= 0.6 is 31.0 Å². The van der Waals surface area contributed by atoms with Gasteiger partial charge in [0.25, 0.3) is 0 Å². The van der Waals surface area contributed by atoms with Crippen molar-refractivity contribution in [2.75, 3.05) is 12.0 Å². The molecule has 0 atom stereocenters. The molecule has 0 bridgehead atoms. The molecule has 0 aliphatic rings. The summed E-state index contributed by atoms with van der Waals surface area (Å²) in [5.41, 5.74) is 5.88. The van der Waals surface area contributed by atoms with E-state index in [9.17, 15) is 14.4 Å². The molecule has 3 aromatic heterocycles. The molecule has 9 nitrogen and oxygen atoms in total. The van der Waals surface area contributed by atoms with E-state index < -0.39 is 13.1 Å². The molecule has 0 unspecified atom stereocenters. The summed E-state index contributed by atoms with van der Waals surface area (Å²) in [4.78, 5) is 34.9. The van der Waals surface area contributed by atoms with Crippen molar-refractivity contribution < 1.29 is 18.8 Å². The molecule has 4 N–H and O–H groups in total.